The van der Waals surface area contributed by atoms with E-state index in [1.54, 1.807) is 7.11 Å². The molecule has 0 bridgehead atoms. The first-order valence-corrected chi connectivity index (χ1v) is 7.18. The maximum Gasteiger partial charge on any atom is 0.122 e. The Kier molecular flexibility index (Phi) is 7.53. The highest BCUT2D eigenvalue weighted by Gasteiger charge is 2.12. The first kappa shape index (κ1) is 16.0. The zero-order valence-corrected chi connectivity index (χ0v) is 12.7. The number of methoxy groups -OCH3 is 1. The van der Waals surface area contributed by atoms with E-state index in [1.807, 2.05) is 0 Å². The maximum absolute atomic E-state index is 5.70. The quantitative estimate of drug-likeness (QED) is 0.693. The molecule has 1 rings (SSSR count). The number of hydrogen-bond donors (Lipinski definition) is 1. The van der Waals surface area contributed by atoms with E-state index in [0.717, 1.165) is 37.3 Å². The minimum Gasteiger partial charge on any atom is -0.496 e. The van der Waals surface area contributed by atoms with Gasteiger partial charge < -0.3 is 14.8 Å². The Morgan fingerprint density at radius 3 is 2.63 bits per heavy atom. The van der Waals surface area contributed by atoms with Gasteiger partial charge in [0.2, 0.25) is 0 Å². The first-order valence-electron chi connectivity index (χ1n) is 7.18. The van der Waals surface area contributed by atoms with Gasteiger partial charge in [0.1, 0.15) is 5.75 Å². The summed E-state index contributed by atoms with van der Waals surface area (Å²) in [6.45, 7) is 8.88. The molecule has 108 valence electrons. The van der Waals surface area contributed by atoms with Gasteiger partial charge in [-0.15, -0.1) is 0 Å². The summed E-state index contributed by atoms with van der Waals surface area (Å²) >= 11 is 0. The van der Waals surface area contributed by atoms with Crippen molar-refractivity contribution in [1.82, 2.24) is 5.32 Å². The summed E-state index contributed by atoms with van der Waals surface area (Å²) in [6, 6.07) is 6.61. The molecule has 0 heterocycles. The third-order valence-electron chi connectivity index (χ3n) is 3.11. The number of ether oxygens (including phenoxy) is 2. The molecule has 19 heavy (non-hydrogen) atoms. The van der Waals surface area contributed by atoms with Gasteiger partial charge in [-0.1, -0.05) is 26.0 Å². The second kappa shape index (κ2) is 8.94. The van der Waals surface area contributed by atoms with Crippen molar-refractivity contribution in [2.45, 2.75) is 39.7 Å². The second-order valence-corrected chi connectivity index (χ2v) is 4.81. The highest BCUT2D eigenvalue weighted by molar-refractivity contribution is 5.37. The molecule has 0 aliphatic heterocycles. The SMILES string of the molecule is CCCNC(COCCC)c1ccc(C)c(OC)c1. The summed E-state index contributed by atoms with van der Waals surface area (Å²) in [4.78, 5) is 0. The van der Waals surface area contributed by atoms with E-state index in [9.17, 15) is 0 Å². The van der Waals surface area contributed by atoms with Crippen LogP contribution in [0.25, 0.3) is 0 Å². The van der Waals surface area contributed by atoms with E-state index in [1.165, 1.54) is 5.56 Å². The third kappa shape index (κ3) is 5.21. The minimum absolute atomic E-state index is 0.237. The van der Waals surface area contributed by atoms with Crippen LogP contribution in [0.1, 0.15) is 43.9 Å². The molecule has 3 nitrogen and oxygen atoms in total. The number of rotatable bonds is 9. The van der Waals surface area contributed by atoms with Gasteiger partial charge in [0.25, 0.3) is 0 Å². The van der Waals surface area contributed by atoms with Crippen molar-refractivity contribution in [2.75, 3.05) is 26.9 Å². The summed E-state index contributed by atoms with van der Waals surface area (Å²) in [5, 5.41) is 3.53. The summed E-state index contributed by atoms with van der Waals surface area (Å²) in [5.74, 6) is 0.941. The highest BCUT2D eigenvalue weighted by Crippen LogP contribution is 2.23. The molecular formula is C16H27NO2. The monoisotopic (exact) mass is 265 g/mol. The molecule has 1 aromatic rings. The summed E-state index contributed by atoms with van der Waals surface area (Å²) in [7, 11) is 1.72. The molecule has 0 aliphatic carbocycles. The van der Waals surface area contributed by atoms with Crippen molar-refractivity contribution in [1.29, 1.82) is 0 Å². The van der Waals surface area contributed by atoms with E-state index >= 15 is 0 Å². The van der Waals surface area contributed by atoms with Crippen molar-refractivity contribution in [3.8, 4) is 5.75 Å². The molecular weight excluding hydrogens is 238 g/mol. The molecule has 0 radical (unpaired) electrons. The normalized spacial score (nSPS) is 12.4. The number of benzene rings is 1. The van der Waals surface area contributed by atoms with E-state index < -0.39 is 0 Å². The zero-order valence-electron chi connectivity index (χ0n) is 12.7. The Balaban J connectivity index is 2.76. The molecule has 1 aromatic carbocycles. The molecule has 0 saturated heterocycles. The molecule has 0 fully saturated rings. The molecule has 1 unspecified atom stereocenters. The van der Waals surface area contributed by atoms with Gasteiger partial charge in [0.15, 0.2) is 0 Å². The average Bonchev–Trinajstić information content (AvgIpc) is 2.43. The molecule has 0 amide bonds. The lowest BCUT2D eigenvalue weighted by Crippen LogP contribution is -2.26. The van der Waals surface area contributed by atoms with Gasteiger partial charge in [0.05, 0.1) is 19.8 Å². The van der Waals surface area contributed by atoms with Gasteiger partial charge >= 0.3 is 0 Å². The summed E-state index contributed by atoms with van der Waals surface area (Å²) in [6.07, 6.45) is 2.17. The van der Waals surface area contributed by atoms with Crippen molar-refractivity contribution in [2.24, 2.45) is 0 Å². The summed E-state index contributed by atoms with van der Waals surface area (Å²) in [5.41, 5.74) is 2.39. The summed E-state index contributed by atoms with van der Waals surface area (Å²) < 4.78 is 11.1. The van der Waals surface area contributed by atoms with Gasteiger partial charge in [0, 0.05) is 6.61 Å². The van der Waals surface area contributed by atoms with Crippen LogP contribution in [0.5, 0.6) is 5.75 Å². The van der Waals surface area contributed by atoms with Gasteiger partial charge in [-0.2, -0.15) is 0 Å². The topological polar surface area (TPSA) is 30.5 Å². The first-order chi connectivity index (χ1) is 9.22. The van der Waals surface area contributed by atoms with Crippen LogP contribution in [0.2, 0.25) is 0 Å². The smallest absolute Gasteiger partial charge is 0.122 e. The zero-order chi connectivity index (χ0) is 14.1. The largest absolute Gasteiger partial charge is 0.496 e. The third-order valence-corrected chi connectivity index (χ3v) is 3.11. The fourth-order valence-corrected chi connectivity index (χ4v) is 1.99. The number of hydrogen-bond acceptors (Lipinski definition) is 3. The van der Waals surface area contributed by atoms with Crippen molar-refractivity contribution >= 4 is 0 Å². The molecule has 0 spiro atoms. The standard InChI is InChI=1S/C16H27NO2/c1-5-9-17-15(12-19-10-6-2)14-8-7-13(3)16(11-14)18-4/h7-8,11,15,17H,5-6,9-10,12H2,1-4H3. The van der Waals surface area contributed by atoms with Crippen LogP contribution in [0.4, 0.5) is 0 Å². The van der Waals surface area contributed by atoms with Crippen LogP contribution in [0.15, 0.2) is 18.2 Å². The predicted octanol–water partition coefficient (Wildman–Crippen LogP) is 3.47. The van der Waals surface area contributed by atoms with Crippen LogP contribution in [-0.2, 0) is 4.74 Å². The number of nitrogens with one attached hydrogen (secondary N) is 1. The fraction of sp³-hybridized carbons (Fsp3) is 0.625. The van der Waals surface area contributed by atoms with Gasteiger partial charge in [-0.05, 0) is 43.5 Å². The molecule has 0 aromatic heterocycles. The van der Waals surface area contributed by atoms with E-state index in [4.69, 9.17) is 9.47 Å². The van der Waals surface area contributed by atoms with Crippen LogP contribution in [0, 0.1) is 6.92 Å². The maximum atomic E-state index is 5.70. The number of aryl methyl sites for hydroxylation is 1. The van der Waals surface area contributed by atoms with E-state index in [-0.39, 0.29) is 6.04 Å². The average molecular weight is 265 g/mol. The molecule has 1 N–H and O–H groups in total. The predicted molar refractivity (Wildman–Crippen MR) is 79.9 cm³/mol. The van der Waals surface area contributed by atoms with Crippen LogP contribution >= 0.6 is 0 Å². The van der Waals surface area contributed by atoms with Crippen molar-refractivity contribution in [3.05, 3.63) is 29.3 Å². The fourth-order valence-electron chi connectivity index (χ4n) is 1.99. The lowest BCUT2D eigenvalue weighted by Gasteiger charge is -2.20. The van der Waals surface area contributed by atoms with Crippen molar-refractivity contribution in [3.63, 3.8) is 0 Å². The van der Waals surface area contributed by atoms with Crippen LogP contribution in [0.3, 0.4) is 0 Å². The van der Waals surface area contributed by atoms with E-state index in [0.29, 0.717) is 6.61 Å². The Morgan fingerprint density at radius 2 is 2.00 bits per heavy atom. The van der Waals surface area contributed by atoms with Crippen molar-refractivity contribution < 1.29 is 9.47 Å². The second-order valence-electron chi connectivity index (χ2n) is 4.81. The minimum atomic E-state index is 0.237. The Hall–Kier alpha value is -1.06. The van der Waals surface area contributed by atoms with Crippen LogP contribution < -0.4 is 10.1 Å². The molecule has 1 atom stereocenters. The molecule has 0 saturated carbocycles. The Bertz CT molecular complexity index is 366. The van der Waals surface area contributed by atoms with Crippen LogP contribution in [-0.4, -0.2) is 26.9 Å². The van der Waals surface area contributed by atoms with Gasteiger partial charge in [-0.3, -0.25) is 0 Å². The molecule has 3 heteroatoms. The lowest BCUT2D eigenvalue weighted by atomic mass is 10.0. The highest BCUT2D eigenvalue weighted by atomic mass is 16.5. The Labute approximate surface area is 117 Å². The van der Waals surface area contributed by atoms with E-state index in [2.05, 4.69) is 44.3 Å². The molecule has 0 aliphatic rings. The lowest BCUT2D eigenvalue weighted by molar-refractivity contribution is 0.112. The van der Waals surface area contributed by atoms with Gasteiger partial charge in [-0.25, -0.2) is 0 Å². The Morgan fingerprint density at radius 1 is 1.21 bits per heavy atom.